The van der Waals surface area contributed by atoms with Gasteiger partial charge in [-0.1, -0.05) is 52.0 Å². The Bertz CT molecular complexity index is 227. The molecule has 94 valence electrons. The number of esters is 2. The summed E-state index contributed by atoms with van der Waals surface area (Å²) >= 11 is 0. The van der Waals surface area contributed by atoms with Crippen LogP contribution in [0, 0.1) is 0 Å². The van der Waals surface area contributed by atoms with Crippen molar-refractivity contribution in [1.82, 2.24) is 0 Å². The normalized spacial score (nSPS) is 9.24. The average Bonchev–Trinajstić information content (AvgIpc) is 2.27. The maximum Gasteiger partial charge on any atom is 0.337 e. The van der Waals surface area contributed by atoms with E-state index in [9.17, 15) is 9.59 Å². The molecule has 17 heavy (non-hydrogen) atoms. The predicted octanol–water partition coefficient (Wildman–Crippen LogP) is 3.38. The molecule has 0 amide bonds. The molecular formula is C13H22O3Zn. The molecule has 0 rings (SSSR count). The third kappa shape index (κ3) is 13.4. The molecule has 0 radical (unpaired) electrons. The molecule has 0 N–H and O–H groups in total. The van der Waals surface area contributed by atoms with Gasteiger partial charge in [0.05, 0.1) is 0 Å². The summed E-state index contributed by atoms with van der Waals surface area (Å²) in [5.74, 6) is -1.11. The van der Waals surface area contributed by atoms with Gasteiger partial charge in [0, 0.05) is 32.0 Å². The van der Waals surface area contributed by atoms with Crippen LogP contribution in [0.1, 0.15) is 58.3 Å². The number of unbranched alkanes of at least 4 members (excludes halogenated alkanes) is 6. The molecular weight excluding hydrogens is 270 g/mol. The van der Waals surface area contributed by atoms with Crippen LogP contribution in [0.15, 0.2) is 12.7 Å². The zero-order valence-electron chi connectivity index (χ0n) is 10.9. The number of carbonyl (C=O) groups excluding carboxylic acids is 2. The van der Waals surface area contributed by atoms with Gasteiger partial charge in [-0.3, -0.25) is 4.79 Å². The first kappa shape index (κ1) is 18.9. The summed E-state index contributed by atoms with van der Waals surface area (Å²) in [6.07, 6.45) is 9.35. The van der Waals surface area contributed by atoms with Gasteiger partial charge in [0.2, 0.25) is 0 Å². The van der Waals surface area contributed by atoms with Crippen molar-refractivity contribution in [1.29, 1.82) is 0 Å². The SMILES string of the molecule is C=CC(=O)OC(=O)CCCCCCCCC.[Zn]. The van der Waals surface area contributed by atoms with E-state index in [1.54, 1.807) is 0 Å². The van der Waals surface area contributed by atoms with Crippen molar-refractivity contribution < 1.29 is 33.8 Å². The van der Waals surface area contributed by atoms with E-state index in [2.05, 4.69) is 18.2 Å². The largest absolute Gasteiger partial charge is 0.390 e. The molecule has 0 atom stereocenters. The molecule has 4 heteroatoms. The second-order valence-electron chi connectivity index (χ2n) is 3.87. The van der Waals surface area contributed by atoms with E-state index in [0.717, 1.165) is 25.3 Å². The standard InChI is InChI=1S/C13H22O3.Zn/c1-3-5-6-7-8-9-10-11-13(15)16-12(14)4-2;/h4H,2-3,5-11H2,1H3;. The number of hydrogen-bond donors (Lipinski definition) is 0. The third-order valence-electron chi connectivity index (χ3n) is 2.37. The van der Waals surface area contributed by atoms with Crippen molar-refractivity contribution in [2.75, 3.05) is 0 Å². The molecule has 3 nitrogen and oxygen atoms in total. The van der Waals surface area contributed by atoms with Crippen molar-refractivity contribution in [3.8, 4) is 0 Å². The molecule has 0 heterocycles. The van der Waals surface area contributed by atoms with E-state index in [4.69, 9.17) is 0 Å². The Hall–Kier alpha value is -0.497. The van der Waals surface area contributed by atoms with Crippen molar-refractivity contribution in [2.45, 2.75) is 58.3 Å². The molecule has 0 bridgehead atoms. The summed E-state index contributed by atoms with van der Waals surface area (Å²) in [6.45, 7) is 5.41. The van der Waals surface area contributed by atoms with Crippen LogP contribution in [0.3, 0.4) is 0 Å². The van der Waals surface area contributed by atoms with Crippen LogP contribution >= 0.6 is 0 Å². The van der Waals surface area contributed by atoms with Gasteiger partial charge in [0.25, 0.3) is 0 Å². The fraction of sp³-hybridized carbons (Fsp3) is 0.692. The van der Waals surface area contributed by atoms with Crippen molar-refractivity contribution in [3.05, 3.63) is 12.7 Å². The summed E-state index contributed by atoms with van der Waals surface area (Å²) < 4.78 is 4.45. The van der Waals surface area contributed by atoms with E-state index in [1.165, 1.54) is 25.7 Å². The Morgan fingerprint density at radius 2 is 1.59 bits per heavy atom. The molecule has 0 spiro atoms. The first-order valence-electron chi connectivity index (χ1n) is 6.07. The van der Waals surface area contributed by atoms with Crippen LogP contribution in [-0.4, -0.2) is 11.9 Å². The summed E-state index contributed by atoms with van der Waals surface area (Å²) in [4.78, 5) is 21.7. The van der Waals surface area contributed by atoms with E-state index in [0.29, 0.717) is 6.42 Å². The van der Waals surface area contributed by atoms with Crippen molar-refractivity contribution in [2.24, 2.45) is 0 Å². The van der Waals surface area contributed by atoms with Crippen LogP contribution in [-0.2, 0) is 33.8 Å². The first-order valence-corrected chi connectivity index (χ1v) is 6.07. The molecule has 0 aromatic carbocycles. The third-order valence-corrected chi connectivity index (χ3v) is 2.37. The monoisotopic (exact) mass is 290 g/mol. The van der Waals surface area contributed by atoms with Gasteiger partial charge in [0.1, 0.15) is 0 Å². The minimum absolute atomic E-state index is 0. The van der Waals surface area contributed by atoms with Gasteiger partial charge in [-0.05, 0) is 6.42 Å². The van der Waals surface area contributed by atoms with E-state index in [1.807, 2.05) is 0 Å². The van der Waals surface area contributed by atoms with Gasteiger partial charge >= 0.3 is 11.9 Å². The molecule has 0 aromatic rings. The van der Waals surface area contributed by atoms with Gasteiger partial charge in [-0.15, -0.1) is 0 Å². The van der Waals surface area contributed by atoms with Gasteiger partial charge in [-0.25, -0.2) is 4.79 Å². The molecule has 0 saturated carbocycles. The number of rotatable bonds is 9. The first-order chi connectivity index (χ1) is 7.70. The fourth-order valence-corrected chi connectivity index (χ4v) is 1.43. The molecule has 0 aliphatic rings. The van der Waals surface area contributed by atoms with Gasteiger partial charge in [-0.2, -0.15) is 0 Å². The van der Waals surface area contributed by atoms with Gasteiger partial charge in [0.15, 0.2) is 0 Å². The topological polar surface area (TPSA) is 43.4 Å². The zero-order chi connectivity index (χ0) is 12.2. The van der Waals surface area contributed by atoms with Crippen molar-refractivity contribution in [3.63, 3.8) is 0 Å². The maximum absolute atomic E-state index is 11.1. The Morgan fingerprint density at radius 1 is 1.06 bits per heavy atom. The molecule has 0 aromatic heterocycles. The van der Waals surface area contributed by atoms with Crippen molar-refractivity contribution >= 4 is 11.9 Å². The Morgan fingerprint density at radius 3 is 2.12 bits per heavy atom. The fourth-order valence-electron chi connectivity index (χ4n) is 1.43. The minimum Gasteiger partial charge on any atom is -0.390 e. The van der Waals surface area contributed by atoms with Crippen LogP contribution < -0.4 is 0 Å². The molecule has 0 aliphatic carbocycles. The minimum atomic E-state index is -0.659. The summed E-state index contributed by atoms with van der Waals surface area (Å²) in [6, 6.07) is 0. The van der Waals surface area contributed by atoms with Crippen LogP contribution in [0.25, 0.3) is 0 Å². The molecule has 0 saturated heterocycles. The molecule has 0 unspecified atom stereocenters. The molecule has 0 fully saturated rings. The summed E-state index contributed by atoms with van der Waals surface area (Å²) in [5, 5.41) is 0. The maximum atomic E-state index is 11.1. The van der Waals surface area contributed by atoms with E-state index in [-0.39, 0.29) is 19.5 Å². The Labute approximate surface area is 117 Å². The van der Waals surface area contributed by atoms with Crippen LogP contribution in [0.2, 0.25) is 0 Å². The summed E-state index contributed by atoms with van der Waals surface area (Å²) in [5.41, 5.74) is 0. The van der Waals surface area contributed by atoms with E-state index < -0.39 is 11.9 Å². The Kier molecular flexibility index (Phi) is 15.1. The Balaban J connectivity index is 0. The second-order valence-corrected chi connectivity index (χ2v) is 3.87. The predicted molar refractivity (Wildman–Crippen MR) is 63.9 cm³/mol. The van der Waals surface area contributed by atoms with Gasteiger partial charge < -0.3 is 4.74 Å². The van der Waals surface area contributed by atoms with Crippen LogP contribution in [0.4, 0.5) is 0 Å². The smallest absolute Gasteiger partial charge is 0.337 e. The zero-order valence-corrected chi connectivity index (χ0v) is 13.8. The molecule has 0 aliphatic heterocycles. The number of ether oxygens (including phenoxy) is 1. The number of carbonyl (C=O) groups is 2. The summed E-state index contributed by atoms with van der Waals surface area (Å²) in [7, 11) is 0. The quantitative estimate of drug-likeness (QED) is 0.215. The average molecular weight is 292 g/mol. The van der Waals surface area contributed by atoms with E-state index >= 15 is 0 Å². The number of hydrogen-bond acceptors (Lipinski definition) is 3. The second kappa shape index (κ2) is 13.6. The van der Waals surface area contributed by atoms with Crippen LogP contribution in [0.5, 0.6) is 0 Å².